The van der Waals surface area contributed by atoms with E-state index in [-0.39, 0.29) is 0 Å². The molecule has 0 radical (unpaired) electrons. The van der Waals surface area contributed by atoms with Gasteiger partial charge in [-0.2, -0.15) is 5.10 Å². The summed E-state index contributed by atoms with van der Waals surface area (Å²) in [6.45, 7) is 4.04. The lowest BCUT2D eigenvalue weighted by Gasteiger charge is -2.04. The van der Waals surface area contributed by atoms with Crippen LogP contribution in [0.15, 0.2) is 72.4 Å². The van der Waals surface area contributed by atoms with E-state index < -0.39 is 6.03 Å². The van der Waals surface area contributed by atoms with Gasteiger partial charge in [0.25, 0.3) is 0 Å². The SMILES string of the molecule is C=CCOc1cccc(/C=N/NC(=O)Nc2ccccc2)c1. The van der Waals surface area contributed by atoms with Crippen molar-refractivity contribution in [3.8, 4) is 5.75 Å². The van der Waals surface area contributed by atoms with Crippen molar-refractivity contribution in [3.63, 3.8) is 0 Å². The predicted molar refractivity (Wildman–Crippen MR) is 88.3 cm³/mol. The van der Waals surface area contributed by atoms with Gasteiger partial charge in [0.2, 0.25) is 0 Å². The normalized spacial score (nSPS) is 10.2. The third kappa shape index (κ3) is 5.13. The van der Waals surface area contributed by atoms with E-state index in [4.69, 9.17) is 4.74 Å². The molecule has 0 aromatic heterocycles. The highest BCUT2D eigenvalue weighted by Crippen LogP contribution is 2.11. The molecule has 0 bridgehead atoms. The predicted octanol–water partition coefficient (Wildman–Crippen LogP) is 3.41. The van der Waals surface area contributed by atoms with Gasteiger partial charge in [-0.15, -0.1) is 0 Å². The van der Waals surface area contributed by atoms with Crippen LogP contribution in [0.25, 0.3) is 0 Å². The molecule has 0 atom stereocenters. The van der Waals surface area contributed by atoms with E-state index >= 15 is 0 Å². The van der Waals surface area contributed by atoms with Crippen LogP contribution in [-0.4, -0.2) is 18.9 Å². The molecule has 0 saturated carbocycles. The van der Waals surface area contributed by atoms with E-state index in [1.54, 1.807) is 24.4 Å². The highest BCUT2D eigenvalue weighted by atomic mass is 16.5. The Bertz CT molecular complexity index is 654. The quantitative estimate of drug-likeness (QED) is 0.487. The zero-order valence-electron chi connectivity index (χ0n) is 12.0. The summed E-state index contributed by atoms with van der Waals surface area (Å²) in [6, 6.07) is 16.1. The Hall–Kier alpha value is -3.08. The van der Waals surface area contributed by atoms with Crippen molar-refractivity contribution in [1.29, 1.82) is 0 Å². The smallest absolute Gasteiger partial charge is 0.339 e. The lowest BCUT2D eigenvalue weighted by Crippen LogP contribution is -2.24. The molecule has 2 rings (SSSR count). The number of hydrogen-bond donors (Lipinski definition) is 2. The molecule has 0 spiro atoms. The summed E-state index contributed by atoms with van der Waals surface area (Å²) >= 11 is 0. The summed E-state index contributed by atoms with van der Waals surface area (Å²) in [5.74, 6) is 0.720. The number of nitrogens with zero attached hydrogens (tertiary/aromatic N) is 1. The Morgan fingerprint density at radius 1 is 1.18 bits per heavy atom. The number of anilines is 1. The zero-order valence-corrected chi connectivity index (χ0v) is 12.0. The standard InChI is InChI=1S/C17H17N3O2/c1-2-11-22-16-10-6-7-14(12-16)13-18-20-17(21)19-15-8-4-3-5-9-15/h2-10,12-13H,1,11H2,(H2,19,20,21)/b18-13+. The fourth-order valence-electron chi connectivity index (χ4n) is 1.69. The van der Waals surface area contributed by atoms with Gasteiger partial charge in [-0.3, -0.25) is 0 Å². The molecule has 22 heavy (non-hydrogen) atoms. The fourth-order valence-corrected chi connectivity index (χ4v) is 1.69. The van der Waals surface area contributed by atoms with Crippen molar-refractivity contribution in [2.24, 2.45) is 5.10 Å². The minimum Gasteiger partial charge on any atom is -0.490 e. The molecule has 112 valence electrons. The molecule has 0 aliphatic carbocycles. The minimum atomic E-state index is -0.401. The van der Waals surface area contributed by atoms with Crippen LogP contribution in [0.3, 0.4) is 0 Å². The first-order valence-corrected chi connectivity index (χ1v) is 6.77. The summed E-state index contributed by atoms with van der Waals surface area (Å²) in [6.07, 6.45) is 3.22. The molecule has 2 N–H and O–H groups in total. The Morgan fingerprint density at radius 2 is 2.00 bits per heavy atom. The number of hydrazone groups is 1. The van der Waals surface area contributed by atoms with E-state index in [0.717, 1.165) is 11.3 Å². The second-order valence-corrected chi connectivity index (χ2v) is 4.36. The van der Waals surface area contributed by atoms with E-state index in [0.29, 0.717) is 12.3 Å². The first-order chi connectivity index (χ1) is 10.8. The molecule has 0 aliphatic rings. The Labute approximate surface area is 129 Å². The molecule has 2 aromatic carbocycles. The maximum absolute atomic E-state index is 11.6. The van der Waals surface area contributed by atoms with E-state index in [1.165, 1.54) is 0 Å². The van der Waals surface area contributed by atoms with Crippen LogP contribution >= 0.6 is 0 Å². The molecule has 2 aromatic rings. The van der Waals surface area contributed by atoms with Crippen LogP contribution in [0, 0.1) is 0 Å². The first-order valence-electron chi connectivity index (χ1n) is 6.77. The van der Waals surface area contributed by atoms with Crippen LogP contribution in [0.4, 0.5) is 10.5 Å². The van der Waals surface area contributed by atoms with Crippen molar-refractivity contribution in [2.45, 2.75) is 0 Å². The number of rotatable bonds is 6. The third-order valence-electron chi connectivity index (χ3n) is 2.64. The molecule has 0 aliphatic heterocycles. The number of amides is 2. The number of para-hydroxylation sites is 1. The van der Waals surface area contributed by atoms with Crippen molar-refractivity contribution in [1.82, 2.24) is 5.43 Å². The summed E-state index contributed by atoms with van der Waals surface area (Å²) < 4.78 is 5.42. The van der Waals surface area contributed by atoms with Gasteiger partial charge in [-0.25, -0.2) is 10.2 Å². The van der Waals surface area contributed by atoms with E-state index in [1.807, 2.05) is 42.5 Å². The number of nitrogens with one attached hydrogen (secondary N) is 2. The van der Waals surface area contributed by atoms with Gasteiger partial charge in [0.15, 0.2) is 0 Å². The Balaban J connectivity index is 1.86. The average molecular weight is 295 g/mol. The van der Waals surface area contributed by atoms with Gasteiger partial charge in [0.05, 0.1) is 6.21 Å². The number of ether oxygens (including phenoxy) is 1. The van der Waals surface area contributed by atoms with E-state index in [9.17, 15) is 4.79 Å². The molecule has 0 heterocycles. The number of hydrogen-bond acceptors (Lipinski definition) is 3. The summed E-state index contributed by atoms with van der Waals surface area (Å²) in [5.41, 5.74) is 3.93. The highest BCUT2D eigenvalue weighted by Gasteiger charge is 1.98. The van der Waals surface area contributed by atoms with Gasteiger partial charge in [-0.05, 0) is 29.8 Å². The van der Waals surface area contributed by atoms with Crippen LogP contribution in [0.5, 0.6) is 5.75 Å². The fraction of sp³-hybridized carbons (Fsp3) is 0.0588. The van der Waals surface area contributed by atoms with Crippen LogP contribution < -0.4 is 15.5 Å². The number of carbonyl (C=O) groups excluding carboxylic acids is 1. The molecule has 0 fully saturated rings. The maximum Gasteiger partial charge on any atom is 0.339 e. The summed E-state index contributed by atoms with van der Waals surface area (Å²) in [4.78, 5) is 11.6. The summed E-state index contributed by atoms with van der Waals surface area (Å²) in [7, 11) is 0. The lowest BCUT2D eigenvalue weighted by atomic mass is 10.2. The number of carbonyl (C=O) groups is 1. The largest absolute Gasteiger partial charge is 0.490 e. The monoisotopic (exact) mass is 295 g/mol. The van der Waals surface area contributed by atoms with Gasteiger partial charge in [-0.1, -0.05) is 43.0 Å². The van der Waals surface area contributed by atoms with Gasteiger partial charge < -0.3 is 10.1 Å². The van der Waals surface area contributed by atoms with Crippen molar-refractivity contribution in [2.75, 3.05) is 11.9 Å². The number of urea groups is 1. The molecular weight excluding hydrogens is 278 g/mol. The minimum absolute atomic E-state index is 0.401. The second-order valence-electron chi connectivity index (χ2n) is 4.36. The number of benzene rings is 2. The topological polar surface area (TPSA) is 62.7 Å². The van der Waals surface area contributed by atoms with E-state index in [2.05, 4.69) is 22.4 Å². The maximum atomic E-state index is 11.6. The molecule has 0 saturated heterocycles. The van der Waals surface area contributed by atoms with Gasteiger partial charge in [0, 0.05) is 5.69 Å². The average Bonchev–Trinajstić information content (AvgIpc) is 2.54. The summed E-state index contributed by atoms with van der Waals surface area (Å²) in [5, 5.41) is 6.56. The molecular formula is C17H17N3O2. The van der Waals surface area contributed by atoms with Gasteiger partial charge >= 0.3 is 6.03 Å². The lowest BCUT2D eigenvalue weighted by molar-refractivity contribution is 0.252. The Kier molecular flexibility index (Phi) is 5.75. The molecule has 0 unspecified atom stereocenters. The molecule has 5 heteroatoms. The second kappa shape index (κ2) is 8.26. The van der Waals surface area contributed by atoms with Crippen LogP contribution in [0.1, 0.15) is 5.56 Å². The van der Waals surface area contributed by atoms with Crippen molar-refractivity contribution in [3.05, 3.63) is 72.8 Å². The molecule has 2 amide bonds. The zero-order chi connectivity index (χ0) is 15.6. The third-order valence-corrected chi connectivity index (χ3v) is 2.64. The van der Waals surface area contributed by atoms with Crippen LogP contribution in [0.2, 0.25) is 0 Å². The van der Waals surface area contributed by atoms with Crippen molar-refractivity contribution >= 4 is 17.9 Å². The van der Waals surface area contributed by atoms with Gasteiger partial charge in [0.1, 0.15) is 12.4 Å². The van der Waals surface area contributed by atoms with Crippen molar-refractivity contribution < 1.29 is 9.53 Å². The first kappa shape index (κ1) is 15.3. The molecule has 5 nitrogen and oxygen atoms in total. The van der Waals surface area contributed by atoms with Crippen LogP contribution in [-0.2, 0) is 0 Å². The highest BCUT2D eigenvalue weighted by molar-refractivity contribution is 5.90. The Morgan fingerprint density at radius 3 is 2.77 bits per heavy atom.